The predicted molar refractivity (Wildman–Crippen MR) is 96.9 cm³/mol. The van der Waals surface area contributed by atoms with Crippen molar-refractivity contribution in [3.8, 4) is 5.75 Å². The Morgan fingerprint density at radius 2 is 1.77 bits per heavy atom. The molecule has 1 amide bonds. The van der Waals surface area contributed by atoms with Crippen LogP contribution < -0.4 is 10.1 Å². The Labute approximate surface area is 151 Å². The summed E-state index contributed by atoms with van der Waals surface area (Å²) < 4.78 is 32.5. The minimum absolute atomic E-state index is 0.106. The van der Waals surface area contributed by atoms with Crippen LogP contribution in [0.4, 0.5) is 5.69 Å². The highest BCUT2D eigenvalue weighted by molar-refractivity contribution is 7.89. The molecule has 0 fully saturated rings. The smallest absolute Gasteiger partial charge is 0.338 e. The van der Waals surface area contributed by atoms with Crippen LogP contribution in [0, 0.1) is 0 Å². The highest BCUT2D eigenvalue weighted by Gasteiger charge is 2.12. The zero-order valence-electron chi connectivity index (χ0n) is 14.4. The molecule has 2 aromatic rings. The van der Waals surface area contributed by atoms with Crippen LogP contribution in [0.3, 0.4) is 0 Å². The summed E-state index contributed by atoms with van der Waals surface area (Å²) >= 11 is 0. The molecule has 26 heavy (non-hydrogen) atoms. The summed E-state index contributed by atoms with van der Waals surface area (Å²) in [6.45, 7) is -0.443. The molecule has 138 valence electrons. The number of sulfone groups is 1. The molecule has 2 aromatic carbocycles. The number of hydrogen-bond donors (Lipinski definition) is 1. The molecule has 0 saturated carbocycles. The van der Waals surface area contributed by atoms with Crippen LogP contribution in [-0.4, -0.2) is 40.3 Å². The third-order valence-electron chi connectivity index (χ3n) is 3.31. The Hall–Kier alpha value is -2.87. The van der Waals surface area contributed by atoms with Gasteiger partial charge in [0.25, 0.3) is 5.91 Å². The molecule has 8 heteroatoms. The van der Waals surface area contributed by atoms with Crippen molar-refractivity contribution < 1.29 is 27.5 Å². The van der Waals surface area contributed by atoms with Gasteiger partial charge in [-0.05, 0) is 29.8 Å². The quantitative estimate of drug-likeness (QED) is 0.742. The number of rotatable bonds is 7. The van der Waals surface area contributed by atoms with Gasteiger partial charge in [0.05, 0.1) is 18.4 Å². The largest absolute Gasteiger partial charge is 0.497 e. The van der Waals surface area contributed by atoms with E-state index in [1.807, 2.05) is 0 Å². The number of esters is 1. The monoisotopic (exact) mass is 377 g/mol. The highest BCUT2D eigenvalue weighted by atomic mass is 32.2. The topological polar surface area (TPSA) is 98.8 Å². The summed E-state index contributed by atoms with van der Waals surface area (Å²) in [6, 6.07) is 12.8. The SMILES string of the molecule is COc1cccc(NC(=O)COC(=O)c2ccc(CS(C)(=O)=O)cc2)c1. The van der Waals surface area contributed by atoms with Crippen LogP contribution in [0.1, 0.15) is 15.9 Å². The van der Waals surface area contributed by atoms with Crippen LogP contribution in [0.2, 0.25) is 0 Å². The van der Waals surface area contributed by atoms with Gasteiger partial charge in [0.2, 0.25) is 0 Å². The molecule has 7 nitrogen and oxygen atoms in total. The number of amides is 1. The van der Waals surface area contributed by atoms with Crippen molar-refractivity contribution >= 4 is 27.4 Å². The van der Waals surface area contributed by atoms with Gasteiger partial charge in [-0.2, -0.15) is 0 Å². The summed E-state index contributed by atoms with van der Waals surface area (Å²) in [7, 11) is -1.63. The fraction of sp³-hybridized carbons (Fsp3) is 0.222. The standard InChI is InChI=1S/C18H19NO6S/c1-24-16-5-3-4-15(10-16)19-17(20)11-25-18(21)14-8-6-13(7-9-14)12-26(2,22)23/h3-10H,11-12H2,1-2H3,(H,19,20). The lowest BCUT2D eigenvalue weighted by Crippen LogP contribution is -2.21. The molecule has 0 bridgehead atoms. The first-order chi connectivity index (χ1) is 12.3. The van der Waals surface area contributed by atoms with Crippen LogP contribution in [-0.2, 0) is 25.1 Å². The molecule has 0 saturated heterocycles. The normalized spacial score (nSPS) is 10.8. The van der Waals surface area contributed by atoms with E-state index in [0.29, 0.717) is 17.0 Å². The van der Waals surface area contributed by atoms with Crippen molar-refractivity contribution in [3.05, 3.63) is 59.7 Å². The van der Waals surface area contributed by atoms with Crippen molar-refractivity contribution in [1.29, 1.82) is 0 Å². The molecule has 0 aliphatic rings. The Bertz CT molecular complexity index is 890. The van der Waals surface area contributed by atoms with Gasteiger partial charge in [0, 0.05) is 18.0 Å². The zero-order valence-corrected chi connectivity index (χ0v) is 15.2. The number of methoxy groups -OCH3 is 1. The molecule has 0 heterocycles. The van der Waals surface area contributed by atoms with Crippen molar-refractivity contribution in [2.75, 3.05) is 25.3 Å². The second kappa shape index (κ2) is 8.48. The number of benzene rings is 2. The Morgan fingerprint density at radius 3 is 2.38 bits per heavy atom. The van der Waals surface area contributed by atoms with Gasteiger partial charge in [-0.1, -0.05) is 18.2 Å². The molecule has 2 rings (SSSR count). The van der Waals surface area contributed by atoms with Crippen LogP contribution in [0.5, 0.6) is 5.75 Å². The highest BCUT2D eigenvalue weighted by Crippen LogP contribution is 2.16. The number of ether oxygens (including phenoxy) is 2. The molecule has 0 spiro atoms. The Kier molecular flexibility index (Phi) is 6.35. The average Bonchev–Trinajstić information content (AvgIpc) is 2.59. The van der Waals surface area contributed by atoms with E-state index in [9.17, 15) is 18.0 Å². The summed E-state index contributed by atoms with van der Waals surface area (Å²) in [4.78, 5) is 23.8. The maximum atomic E-state index is 12.0. The third-order valence-corrected chi connectivity index (χ3v) is 4.16. The van der Waals surface area contributed by atoms with E-state index in [4.69, 9.17) is 9.47 Å². The van der Waals surface area contributed by atoms with Gasteiger partial charge in [0.15, 0.2) is 16.4 Å². The molecular weight excluding hydrogens is 358 g/mol. The molecule has 0 aliphatic carbocycles. The van der Waals surface area contributed by atoms with Crippen LogP contribution >= 0.6 is 0 Å². The van der Waals surface area contributed by atoms with E-state index in [1.54, 1.807) is 24.3 Å². The molecule has 0 radical (unpaired) electrons. The lowest BCUT2D eigenvalue weighted by molar-refractivity contribution is -0.119. The van der Waals surface area contributed by atoms with Gasteiger partial charge < -0.3 is 14.8 Å². The van der Waals surface area contributed by atoms with Gasteiger partial charge in [0.1, 0.15) is 5.75 Å². The lowest BCUT2D eigenvalue weighted by atomic mass is 10.1. The first-order valence-corrected chi connectivity index (χ1v) is 9.70. The second-order valence-electron chi connectivity index (χ2n) is 5.62. The number of anilines is 1. The first-order valence-electron chi connectivity index (χ1n) is 7.64. The maximum Gasteiger partial charge on any atom is 0.338 e. The van der Waals surface area contributed by atoms with Crippen LogP contribution in [0.15, 0.2) is 48.5 Å². The fourth-order valence-electron chi connectivity index (χ4n) is 2.15. The van der Waals surface area contributed by atoms with E-state index < -0.39 is 28.3 Å². The van der Waals surface area contributed by atoms with Crippen molar-refractivity contribution in [1.82, 2.24) is 0 Å². The molecule has 0 aliphatic heterocycles. The zero-order chi connectivity index (χ0) is 19.2. The fourth-order valence-corrected chi connectivity index (χ4v) is 2.95. The number of carbonyl (C=O) groups is 2. The molecule has 1 N–H and O–H groups in total. The number of nitrogens with one attached hydrogen (secondary N) is 1. The molecular formula is C18H19NO6S. The van der Waals surface area contributed by atoms with E-state index in [0.717, 1.165) is 6.26 Å². The summed E-state index contributed by atoms with van der Waals surface area (Å²) in [5.74, 6) is -0.670. The first kappa shape index (κ1) is 19.5. The lowest BCUT2D eigenvalue weighted by Gasteiger charge is -2.08. The second-order valence-corrected chi connectivity index (χ2v) is 7.76. The molecule has 0 atom stereocenters. The Balaban J connectivity index is 1.88. The number of hydrogen-bond acceptors (Lipinski definition) is 6. The van der Waals surface area contributed by atoms with Crippen LogP contribution in [0.25, 0.3) is 0 Å². The van der Waals surface area contributed by atoms with E-state index >= 15 is 0 Å². The van der Waals surface area contributed by atoms with Crippen molar-refractivity contribution in [3.63, 3.8) is 0 Å². The molecule has 0 aromatic heterocycles. The van der Waals surface area contributed by atoms with Gasteiger partial charge >= 0.3 is 5.97 Å². The van der Waals surface area contributed by atoms with Gasteiger partial charge in [-0.3, -0.25) is 4.79 Å². The molecule has 0 unspecified atom stereocenters. The summed E-state index contributed by atoms with van der Waals surface area (Å²) in [5.41, 5.74) is 1.33. The Morgan fingerprint density at radius 1 is 1.08 bits per heavy atom. The maximum absolute atomic E-state index is 12.0. The minimum atomic E-state index is -3.14. The van der Waals surface area contributed by atoms with E-state index in [1.165, 1.54) is 31.4 Å². The summed E-state index contributed by atoms with van der Waals surface area (Å²) in [6.07, 6.45) is 1.14. The van der Waals surface area contributed by atoms with Gasteiger partial charge in [-0.25, -0.2) is 13.2 Å². The number of carbonyl (C=O) groups excluding carboxylic acids is 2. The van der Waals surface area contributed by atoms with E-state index in [2.05, 4.69) is 5.32 Å². The van der Waals surface area contributed by atoms with Crippen molar-refractivity contribution in [2.24, 2.45) is 0 Å². The van der Waals surface area contributed by atoms with Gasteiger partial charge in [-0.15, -0.1) is 0 Å². The average molecular weight is 377 g/mol. The van der Waals surface area contributed by atoms with Crippen molar-refractivity contribution in [2.45, 2.75) is 5.75 Å². The third kappa shape index (κ3) is 6.21. The predicted octanol–water partition coefficient (Wildman–Crippen LogP) is 2.04. The van der Waals surface area contributed by atoms with E-state index in [-0.39, 0.29) is 11.3 Å². The minimum Gasteiger partial charge on any atom is -0.497 e. The summed E-state index contributed by atoms with van der Waals surface area (Å²) in [5, 5.41) is 2.60.